The Kier molecular flexibility index (Phi) is 4.84. The zero-order valence-electron chi connectivity index (χ0n) is 12.7. The molecule has 0 atom stereocenters. The summed E-state index contributed by atoms with van der Waals surface area (Å²) in [5, 5.41) is 7.90. The Hall–Kier alpha value is -1.75. The molecular formula is C15H23N5. The molecule has 0 aromatic carbocycles. The highest BCUT2D eigenvalue weighted by molar-refractivity contribution is 5.24. The fraction of sp³-hybridized carbons (Fsp3) is 0.533. The van der Waals surface area contributed by atoms with Crippen LogP contribution in [-0.4, -0.2) is 25.8 Å². The molecule has 0 radical (unpaired) electrons. The van der Waals surface area contributed by atoms with Crippen LogP contribution in [0.15, 0.2) is 18.5 Å². The van der Waals surface area contributed by atoms with Crippen molar-refractivity contribution in [1.29, 1.82) is 0 Å². The van der Waals surface area contributed by atoms with E-state index in [0.29, 0.717) is 6.04 Å². The average molecular weight is 273 g/mol. The normalized spacial score (nSPS) is 11.2. The molecule has 2 aromatic rings. The molecule has 0 saturated heterocycles. The smallest absolute Gasteiger partial charge is 0.172 e. The molecule has 0 saturated carbocycles. The van der Waals surface area contributed by atoms with Crippen LogP contribution in [0.1, 0.15) is 44.8 Å². The van der Waals surface area contributed by atoms with Crippen LogP contribution in [-0.2, 0) is 19.4 Å². The first-order chi connectivity index (χ1) is 9.63. The Morgan fingerprint density at radius 3 is 2.45 bits per heavy atom. The quantitative estimate of drug-likeness (QED) is 0.877. The van der Waals surface area contributed by atoms with Crippen LogP contribution < -0.4 is 5.32 Å². The van der Waals surface area contributed by atoms with Gasteiger partial charge in [-0.1, -0.05) is 27.7 Å². The summed E-state index contributed by atoms with van der Waals surface area (Å²) in [7, 11) is 0. The van der Waals surface area contributed by atoms with Crippen molar-refractivity contribution in [2.75, 3.05) is 0 Å². The number of nitrogens with zero attached hydrogens (tertiary/aromatic N) is 4. The molecule has 0 amide bonds. The lowest BCUT2D eigenvalue weighted by molar-refractivity contribution is 0.579. The first-order valence-corrected chi connectivity index (χ1v) is 7.26. The van der Waals surface area contributed by atoms with Crippen LogP contribution in [0.2, 0.25) is 0 Å². The van der Waals surface area contributed by atoms with E-state index in [9.17, 15) is 0 Å². The minimum absolute atomic E-state index is 0.446. The van der Waals surface area contributed by atoms with E-state index >= 15 is 0 Å². The summed E-state index contributed by atoms with van der Waals surface area (Å²) in [5.41, 5.74) is 3.21. The highest BCUT2D eigenvalue weighted by Crippen LogP contribution is 2.11. The Balaban J connectivity index is 2.19. The van der Waals surface area contributed by atoms with E-state index in [1.54, 1.807) is 6.20 Å². The molecule has 108 valence electrons. The molecule has 0 aliphatic rings. The molecule has 0 fully saturated rings. The van der Waals surface area contributed by atoms with Gasteiger partial charge in [0, 0.05) is 18.3 Å². The molecule has 0 bridgehead atoms. The average Bonchev–Trinajstić information content (AvgIpc) is 2.89. The molecule has 0 aliphatic carbocycles. The lowest BCUT2D eigenvalue weighted by atomic mass is 10.3. The van der Waals surface area contributed by atoms with Gasteiger partial charge in [-0.2, -0.15) is 5.10 Å². The van der Waals surface area contributed by atoms with Crippen molar-refractivity contribution in [2.24, 2.45) is 0 Å². The zero-order chi connectivity index (χ0) is 14.5. The van der Waals surface area contributed by atoms with E-state index in [1.165, 1.54) is 5.69 Å². The monoisotopic (exact) mass is 273 g/mol. The van der Waals surface area contributed by atoms with Gasteiger partial charge in [0.15, 0.2) is 5.82 Å². The third-order valence-electron chi connectivity index (χ3n) is 3.16. The van der Waals surface area contributed by atoms with Gasteiger partial charge in [-0.05, 0) is 18.9 Å². The van der Waals surface area contributed by atoms with E-state index in [4.69, 9.17) is 0 Å². The van der Waals surface area contributed by atoms with E-state index in [2.05, 4.69) is 54.1 Å². The second-order valence-electron chi connectivity index (χ2n) is 5.15. The fourth-order valence-corrected chi connectivity index (χ4v) is 1.96. The van der Waals surface area contributed by atoms with Gasteiger partial charge in [-0.3, -0.25) is 4.98 Å². The maximum atomic E-state index is 4.57. The van der Waals surface area contributed by atoms with Gasteiger partial charge in [0.25, 0.3) is 0 Å². The van der Waals surface area contributed by atoms with E-state index in [1.807, 2.05) is 10.9 Å². The van der Waals surface area contributed by atoms with E-state index in [-0.39, 0.29) is 0 Å². The third-order valence-corrected chi connectivity index (χ3v) is 3.16. The van der Waals surface area contributed by atoms with Crippen LogP contribution in [0.3, 0.4) is 0 Å². The lowest BCUT2D eigenvalue weighted by Crippen LogP contribution is -2.22. The summed E-state index contributed by atoms with van der Waals surface area (Å²) in [6.07, 6.45) is 5.48. The van der Waals surface area contributed by atoms with Crippen molar-refractivity contribution in [3.63, 3.8) is 0 Å². The summed E-state index contributed by atoms with van der Waals surface area (Å²) in [4.78, 5) is 8.93. The van der Waals surface area contributed by atoms with Crippen LogP contribution in [0.5, 0.6) is 0 Å². The van der Waals surface area contributed by atoms with Crippen molar-refractivity contribution in [3.05, 3.63) is 35.5 Å². The summed E-state index contributed by atoms with van der Waals surface area (Å²) >= 11 is 0. The first-order valence-electron chi connectivity index (χ1n) is 7.26. The molecule has 1 N–H and O–H groups in total. The number of hydrogen-bond acceptors (Lipinski definition) is 4. The van der Waals surface area contributed by atoms with Gasteiger partial charge in [0.05, 0.1) is 23.8 Å². The SMILES string of the molecule is CCc1cc(CC)n(-c2cnc(CNC(C)C)cn2)n1. The van der Waals surface area contributed by atoms with Crippen LogP contribution in [0.4, 0.5) is 0 Å². The van der Waals surface area contributed by atoms with E-state index < -0.39 is 0 Å². The fourth-order valence-electron chi connectivity index (χ4n) is 1.96. The predicted molar refractivity (Wildman–Crippen MR) is 79.9 cm³/mol. The number of rotatable bonds is 6. The summed E-state index contributed by atoms with van der Waals surface area (Å²) < 4.78 is 1.89. The first kappa shape index (κ1) is 14.7. The molecule has 0 unspecified atom stereocenters. The Morgan fingerprint density at radius 2 is 1.90 bits per heavy atom. The molecule has 0 spiro atoms. The Bertz CT molecular complexity index is 542. The molecular weight excluding hydrogens is 250 g/mol. The lowest BCUT2D eigenvalue weighted by Gasteiger charge is -2.08. The molecule has 0 aliphatic heterocycles. The van der Waals surface area contributed by atoms with Gasteiger partial charge in [0.2, 0.25) is 0 Å². The maximum Gasteiger partial charge on any atom is 0.172 e. The Labute approximate surface area is 120 Å². The molecule has 2 rings (SSSR count). The van der Waals surface area contributed by atoms with Crippen LogP contribution in [0, 0.1) is 0 Å². The van der Waals surface area contributed by atoms with Gasteiger partial charge >= 0.3 is 0 Å². The van der Waals surface area contributed by atoms with Gasteiger partial charge in [-0.15, -0.1) is 0 Å². The number of aryl methyl sites for hydroxylation is 2. The van der Waals surface area contributed by atoms with Gasteiger partial charge in [-0.25, -0.2) is 9.67 Å². The molecule has 5 nitrogen and oxygen atoms in total. The highest BCUT2D eigenvalue weighted by atomic mass is 15.3. The Morgan fingerprint density at radius 1 is 1.10 bits per heavy atom. The largest absolute Gasteiger partial charge is 0.309 e. The summed E-state index contributed by atoms with van der Waals surface area (Å²) in [5.74, 6) is 0.787. The molecule has 5 heteroatoms. The second kappa shape index (κ2) is 6.61. The molecule has 2 aromatic heterocycles. The van der Waals surface area contributed by atoms with Crippen molar-refractivity contribution < 1.29 is 0 Å². The minimum Gasteiger partial charge on any atom is -0.309 e. The predicted octanol–water partition coefficient (Wildman–Crippen LogP) is 2.29. The summed E-state index contributed by atoms with van der Waals surface area (Å²) in [6.45, 7) is 9.21. The van der Waals surface area contributed by atoms with Crippen molar-refractivity contribution >= 4 is 0 Å². The maximum absolute atomic E-state index is 4.57. The number of hydrogen-bond donors (Lipinski definition) is 1. The van der Waals surface area contributed by atoms with Crippen molar-refractivity contribution in [1.82, 2.24) is 25.1 Å². The van der Waals surface area contributed by atoms with E-state index in [0.717, 1.165) is 36.6 Å². The third kappa shape index (κ3) is 3.42. The highest BCUT2D eigenvalue weighted by Gasteiger charge is 2.09. The van der Waals surface area contributed by atoms with Crippen LogP contribution in [0.25, 0.3) is 5.82 Å². The second-order valence-corrected chi connectivity index (χ2v) is 5.15. The molecule has 2 heterocycles. The van der Waals surface area contributed by atoms with Gasteiger partial charge in [0.1, 0.15) is 0 Å². The topological polar surface area (TPSA) is 55.6 Å². The number of nitrogens with one attached hydrogen (secondary N) is 1. The minimum atomic E-state index is 0.446. The van der Waals surface area contributed by atoms with Crippen LogP contribution >= 0.6 is 0 Å². The van der Waals surface area contributed by atoms with Crippen molar-refractivity contribution in [3.8, 4) is 5.82 Å². The van der Waals surface area contributed by atoms with Crippen molar-refractivity contribution in [2.45, 2.75) is 53.1 Å². The summed E-state index contributed by atoms with van der Waals surface area (Å²) in [6, 6.07) is 2.58. The molecule has 20 heavy (non-hydrogen) atoms. The number of aromatic nitrogens is 4. The van der Waals surface area contributed by atoms with Gasteiger partial charge < -0.3 is 5.32 Å². The zero-order valence-corrected chi connectivity index (χ0v) is 12.7. The standard InChI is InChI=1S/C15H23N5/c1-5-12-7-14(6-2)20(19-12)15-10-17-13(9-18-15)8-16-11(3)4/h7,9-11,16H,5-6,8H2,1-4H3.